The van der Waals surface area contributed by atoms with Gasteiger partial charge < -0.3 is 19.3 Å². The van der Waals surface area contributed by atoms with Gasteiger partial charge in [0.25, 0.3) is 0 Å². The van der Waals surface area contributed by atoms with Gasteiger partial charge in [-0.05, 0) is 162 Å². The average Bonchev–Trinajstić information content (AvgIpc) is 3.59. The van der Waals surface area contributed by atoms with Gasteiger partial charge in [0.15, 0.2) is 0 Å². The lowest BCUT2D eigenvalue weighted by molar-refractivity contribution is -0.120. The van der Waals surface area contributed by atoms with Crippen LogP contribution in [0.4, 0.5) is 28.4 Å². The van der Waals surface area contributed by atoms with Crippen molar-refractivity contribution in [1.82, 2.24) is 0 Å². The third-order valence-electron chi connectivity index (χ3n) is 17.3. The number of anilines is 5. The normalized spacial score (nSPS) is 16.0. The first-order valence-electron chi connectivity index (χ1n) is 26.8. The molecular weight excluding hydrogens is 865 g/mol. The number of fused-ring (bicyclic) bond motifs is 5. The van der Waals surface area contributed by atoms with Crippen molar-refractivity contribution >= 4 is 50.0 Å². The second-order valence-electron chi connectivity index (χ2n) is 22.1. The predicted octanol–water partition coefficient (Wildman–Crippen LogP) is 17.8. The smallest absolute Gasteiger partial charge is 0.0544 e. The van der Waals surface area contributed by atoms with E-state index in [0.29, 0.717) is 10.8 Å². The number of hydrogen-bond donors (Lipinski definition) is 0. The van der Waals surface area contributed by atoms with Crippen molar-refractivity contribution in [3.63, 3.8) is 0 Å². The van der Waals surface area contributed by atoms with Crippen LogP contribution in [0.5, 0.6) is 0 Å². The Kier molecular flexibility index (Phi) is 12.9. The van der Waals surface area contributed by atoms with E-state index in [1.807, 2.05) is 0 Å². The zero-order valence-electron chi connectivity index (χ0n) is 43.1. The van der Waals surface area contributed by atoms with Crippen LogP contribution in [0, 0.1) is 17.8 Å². The molecule has 0 bridgehead atoms. The van der Waals surface area contributed by atoms with Crippen molar-refractivity contribution in [1.29, 1.82) is 0 Å². The van der Waals surface area contributed by atoms with Gasteiger partial charge in [-0.3, -0.25) is 0 Å². The fraction of sp³-hybridized carbons (Fsp3) is 0.343. The molecule has 0 spiro atoms. The number of aryl methyl sites for hydroxylation is 3. The van der Waals surface area contributed by atoms with Crippen LogP contribution in [0.2, 0.25) is 0 Å². The highest BCUT2D eigenvalue weighted by molar-refractivity contribution is 6.12. The molecule has 2 aliphatic heterocycles. The van der Waals surface area contributed by atoms with Gasteiger partial charge in [0, 0.05) is 56.8 Å². The summed E-state index contributed by atoms with van der Waals surface area (Å²) in [6.07, 6.45) is 12.1. The molecule has 0 unspecified atom stereocenters. The maximum absolute atomic E-state index is 5.62. The first-order valence-corrected chi connectivity index (χ1v) is 26.8. The molecule has 362 valence electrons. The number of ether oxygens (including phenoxy) is 2. The Balaban J connectivity index is 0.919. The molecule has 11 rings (SSSR count). The summed E-state index contributed by atoms with van der Waals surface area (Å²) in [7, 11) is 2.21. The number of hydrogen-bond acceptors (Lipinski definition) is 4. The van der Waals surface area contributed by atoms with Gasteiger partial charge >= 0.3 is 0 Å². The van der Waals surface area contributed by atoms with E-state index in [1.54, 1.807) is 0 Å². The van der Waals surface area contributed by atoms with Crippen LogP contribution in [-0.4, -0.2) is 33.5 Å². The first-order chi connectivity index (χ1) is 34.6. The van der Waals surface area contributed by atoms with E-state index in [2.05, 4.69) is 209 Å². The van der Waals surface area contributed by atoms with Gasteiger partial charge in [0.1, 0.15) is 0 Å². The molecule has 0 atom stereocenters. The van der Waals surface area contributed by atoms with E-state index in [-0.39, 0.29) is 5.41 Å². The molecule has 0 aromatic heterocycles. The van der Waals surface area contributed by atoms with Crippen molar-refractivity contribution in [3.05, 3.63) is 186 Å². The molecule has 71 heavy (non-hydrogen) atoms. The van der Waals surface area contributed by atoms with E-state index in [1.165, 1.54) is 151 Å². The topological polar surface area (TPSA) is 24.9 Å². The van der Waals surface area contributed by atoms with Crippen molar-refractivity contribution < 1.29 is 9.47 Å². The molecule has 2 fully saturated rings. The van der Waals surface area contributed by atoms with Crippen molar-refractivity contribution in [3.8, 4) is 22.3 Å². The zero-order valence-corrected chi connectivity index (χ0v) is 43.1. The first kappa shape index (κ1) is 47.1. The van der Waals surface area contributed by atoms with Crippen molar-refractivity contribution in [2.24, 2.45) is 10.8 Å². The van der Waals surface area contributed by atoms with Gasteiger partial charge in [-0.25, -0.2) is 0 Å². The maximum Gasteiger partial charge on any atom is 0.0544 e. The minimum Gasteiger partial charge on any atom is -0.380 e. The minimum absolute atomic E-state index is 0.121. The lowest BCUT2D eigenvalue weighted by atomic mass is 9.78. The van der Waals surface area contributed by atoms with E-state index in [4.69, 9.17) is 9.47 Å². The molecule has 0 N–H and O–H groups in total. The largest absolute Gasteiger partial charge is 0.380 e. The number of nitrogens with zero attached hydrogens (tertiary/aromatic N) is 2. The highest BCUT2D eigenvalue weighted by Crippen LogP contribution is 2.52. The van der Waals surface area contributed by atoms with Crippen LogP contribution in [0.15, 0.2) is 158 Å². The third-order valence-corrected chi connectivity index (χ3v) is 17.3. The maximum atomic E-state index is 5.62. The lowest BCUT2D eigenvalue weighted by Gasteiger charge is -2.41. The Labute approximate surface area is 423 Å². The van der Waals surface area contributed by atoms with Gasteiger partial charge in [0.05, 0.1) is 32.1 Å². The second kappa shape index (κ2) is 19.4. The number of benzene rings is 8. The molecule has 0 amide bonds. The van der Waals surface area contributed by atoms with Crippen molar-refractivity contribution in [2.45, 2.75) is 104 Å². The summed E-state index contributed by atoms with van der Waals surface area (Å²) in [4.78, 5) is 4.86. The van der Waals surface area contributed by atoms with Crippen LogP contribution >= 0.6 is 0 Å². The Morgan fingerprint density at radius 1 is 0.451 bits per heavy atom. The molecule has 0 radical (unpaired) electrons. The van der Waals surface area contributed by atoms with Gasteiger partial charge in [-0.15, -0.1) is 0 Å². The molecule has 4 nitrogen and oxygen atoms in total. The Bertz CT molecular complexity index is 3180. The summed E-state index contributed by atoms with van der Waals surface area (Å²) in [6.45, 7) is 15.4. The second-order valence-corrected chi connectivity index (χ2v) is 22.1. The Morgan fingerprint density at radius 3 is 1.42 bits per heavy atom. The number of unbranched alkanes of at least 4 members (excludes halogenated alkanes) is 2. The quantitative estimate of drug-likeness (QED) is 0.0801. The van der Waals surface area contributed by atoms with E-state index >= 15 is 0 Å². The van der Waals surface area contributed by atoms with Gasteiger partial charge in [-0.2, -0.15) is 0 Å². The van der Waals surface area contributed by atoms with E-state index < -0.39 is 0 Å². The highest BCUT2D eigenvalue weighted by Gasteiger charge is 2.38. The van der Waals surface area contributed by atoms with Crippen LogP contribution in [0.1, 0.15) is 107 Å². The van der Waals surface area contributed by atoms with Crippen LogP contribution < -0.4 is 9.80 Å². The molecule has 1 aliphatic carbocycles. The SMILES string of the molecule is CCC1(CCCCc2ccc(N(C)c3ccc(-c4ccc(N(c5ccc(CCCCC6(CC)COC6)cc5)c5ccc6c(c5)C(C)(C)c5cc(C)ccc5-6)c5ccccc45)c4ccccc34)cc2)COC1. The van der Waals surface area contributed by atoms with Crippen LogP contribution in [-0.2, 0) is 27.7 Å². The Morgan fingerprint density at radius 2 is 0.901 bits per heavy atom. The molecular formula is C67H72N2O2. The Hall–Kier alpha value is -6.20. The highest BCUT2D eigenvalue weighted by atomic mass is 16.5. The molecule has 8 aromatic carbocycles. The standard InChI is InChI=1S/C67H72N2O2/c1-7-66(43-70-44-66)39-15-13-17-48-24-28-50(29-25-48)68(6)63-37-35-55(53-19-9-11-21-59(53)63)56-36-38-64(60-22-12-10-20-54(56)60)69(51-30-26-49(27-31-51)18-14-16-40-67(8-2)45-71-46-67)52-32-34-58-57-33-23-47(3)41-61(57)65(4,5)62(58)42-52/h9-12,19-38,41-42H,7-8,13-18,39-40,43-46H2,1-6H3. The zero-order chi connectivity index (χ0) is 48.7. The molecule has 2 saturated heterocycles. The summed E-state index contributed by atoms with van der Waals surface area (Å²) >= 11 is 0. The van der Waals surface area contributed by atoms with Gasteiger partial charge in [0.2, 0.25) is 0 Å². The van der Waals surface area contributed by atoms with Crippen molar-refractivity contribution in [2.75, 3.05) is 43.3 Å². The monoisotopic (exact) mass is 937 g/mol. The summed E-state index contributed by atoms with van der Waals surface area (Å²) in [5, 5.41) is 4.97. The fourth-order valence-electron chi connectivity index (χ4n) is 12.3. The van der Waals surface area contributed by atoms with Gasteiger partial charge in [-0.1, -0.05) is 155 Å². The molecule has 4 heteroatoms. The summed E-state index contributed by atoms with van der Waals surface area (Å²) < 4.78 is 11.2. The van der Waals surface area contributed by atoms with E-state index in [9.17, 15) is 0 Å². The van der Waals surface area contributed by atoms with E-state index in [0.717, 1.165) is 39.3 Å². The molecule has 3 aliphatic rings. The summed E-state index contributed by atoms with van der Waals surface area (Å²) in [5.41, 5.74) is 18.7. The third kappa shape index (κ3) is 8.86. The fourth-order valence-corrected chi connectivity index (χ4v) is 12.3. The predicted molar refractivity (Wildman–Crippen MR) is 301 cm³/mol. The molecule has 2 heterocycles. The van der Waals surface area contributed by atoms with Crippen LogP contribution in [0.3, 0.4) is 0 Å². The number of rotatable bonds is 18. The average molecular weight is 937 g/mol. The summed E-state index contributed by atoms with van der Waals surface area (Å²) in [6, 6.07) is 60.3. The lowest BCUT2D eigenvalue weighted by Crippen LogP contribution is -2.41. The molecule has 0 saturated carbocycles. The minimum atomic E-state index is -0.121. The summed E-state index contributed by atoms with van der Waals surface area (Å²) in [5.74, 6) is 0. The molecule has 8 aromatic rings. The van der Waals surface area contributed by atoms with Crippen LogP contribution in [0.25, 0.3) is 43.8 Å².